The molecule has 0 aliphatic carbocycles. The first kappa shape index (κ1) is 36.1. The number of thiocarbonyl (C=S) groups is 1. The van der Waals surface area contributed by atoms with Crippen molar-refractivity contribution < 1.29 is 23.1 Å². The molecule has 0 unspecified atom stereocenters. The second-order valence-electron chi connectivity index (χ2n) is 14.2. The highest BCUT2D eigenvalue weighted by Crippen LogP contribution is 2.43. The quantitative estimate of drug-likeness (QED) is 0.0948. The van der Waals surface area contributed by atoms with Crippen LogP contribution in [-0.2, 0) is 16.0 Å². The van der Waals surface area contributed by atoms with Crippen molar-refractivity contribution in [1.29, 1.82) is 0 Å². The molecule has 3 aromatic carbocycles. The number of nitrogens with one attached hydrogen (secondary N) is 1. The fourth-order valence-electron chi connectivity index (χ4n) is 3.62. The molecule has 3 rings (SSSR count). The Morgan fingerprint density at radius 2 is 1.38 bits per heavy atom. The van der Waals surface area contributed by atoms with Crippen LogP contribution < -0.4 is 18.9 Å². The maximum absolute atomic E-state index is 12.6. The minimum absolute atomic E-state index is 0.0250. The number of carbonyl (C=O) groups excluding carboxylic acids is 1. The number of rotatable bonds is 11. The van der Waals surface area contributed by atoms with E-state index in [4.69, 9.17) is 30.5 Å². The van der Waals surface area contributed by atoms with Crippen LogP contribution in [0.15, 0.2) is 78.9 Å². The van der Waals surface area contributed by atoms with Crippen molar-refractivity contribution in [3.05, 3.63) is 90.0 Å². The molecule has 0 radical (unpaired) electrons. The van der Waals surface area contributed by atoms with Crippen molar-refractivity contribution in [2.24, 2.45) is 0 Å². The zero-order valence-corrected chi connectivity index (χ0v) is 31.3. The zero-order chi connectivity index (χ0) is 33.5. The van der Waals surface area contributed by atoms with Crippen LogP contribution in [0.2, 0.25) is 36.3 Å². The molecule has 0 saturated heterocycles. The van der Waals surface area contributed by atoms with Crippen molar-refractivity contribution in [3.8, 4) is 17.2 Å². The summed E-state index contributed by atoms with van der Waals surface area (Å²) in [6.45, 7) is 22.5. The Labute approximate surface area is 277 Å². The molecule has 9 heteroatoms. The van der Waals surface area contributed by atoms with Gasteiger partial charge in [0.25, 0.3) is 21.8 Å². The van der Waals surface area contributed by atoms with Gasteiger partial charge in [0.2, 0.25) is 0 Å². The van der Waals surface area contributed by atoms with Crippen molar-refractivity contribution in [2.45, 2.75) is 84.2 Å². The number of esters is 1. The first-order valence-electron chi connectivity index (χ1n) is 15.4. The molecular formula is C36H49NO5SSi2. The van der Waals surface area contributed by atoms with E-state index in [0.717, 1.165) is 28.3 Å². The number of benzene rings is 3. The highest BCUT2D eigenvalue weighted by molar-refractivity contribution is 7.80. The predicted octanol–water partition coefficient (Wildman–Crippen LogP) is 10.0. The van der Waals surface area contributed by atoms with Gasteiger partial charge in [0.15, 0.2) is 0 Å². The van der Waals surface area contributed by atoms with E-state index in [1.54, 1.807) is 6.08 Å². The van der Waals surface area contributed by atoms with E-state index in [1.807, 2.05) is 72.8 Å². The molecule has 0 atom stereocenters. The zero-order valence-electron chi connectivity index (χ0n) is 28.4. The molecule has 6 nitrogen and oxygen atoms in total. The lowest BCUT2D eigenvalue weighted by atomic mass is 10.1. The maximum atomic E-state index is 12.6. The highest BCUT2D eigenvalue weighted by atomic mass is 32.1. The summed E-state index contributed by atoms with van der Waals surface area (Å²) in [5.41, 5.74) is 2.70. The van der Waals surface area contributed by atoms with Crippen molar-refractivity contribution in [3.63, 3.8) is 0 Å². The fraction of sp³-hybridized carbons (Fsp3) is 0.389. The lowest BCUT2D eigenvalue weighted by Gasteiger charge is -2.39. The number of carbonyl (C=O) groups is 1. The first-order valence-corrected chi connectivity index (χ1v) is 21.6. The summed E-state index contributed by atoms with van der Waals surface area (Å²) in [4.78, 5) is 12.6. The summed E-state index contributed by atoms with van der Waals surface area (Å²) in [6, 6.07) is 23.0. The summed E-state index contributed by atoms with van der Waals surface area (Å²) >= 11 is 5.29. The molecular weight excluding hydrogens is 615 g/mol. The van der Waals surface area contributed by atoms with Gasteiger partial charge in [0, 0.05) is 18.2 Å². The van der Waals surface area contributed by atoms with Gasteiger partial charge in [-0.1, -0.05) is 77.9 Å². The molecule has 0 aliphatic rings. The second-order valence-corrected chi connectivity index (χ2v) is 24.0. The maximum Gasteiger partial charge on any atom is 0.330 e. The third-order valence-electron chi connectivity index (χ3n) is 8.51. The Morgan fingerprint density at radius 1 is 0.800 bits per heavy atom. The third kappa shape index (κ3) is 10.9. The van der Waals surface area contributed by atoms with Gasteiger partial charge in [-0.15, -0.1) is 0 Å². The van der Waals surface area contributed by atoms with Gasteiger partial charge in [0.1, 0.15) is 17.2 Å². The van der Waals surface area contributed by atoms with E-state index in [9.17, 15) is 4.79 Å². The number of para-hydroxylation sites is 1. The Hall–Kier alpha value is -3.41. The van der Waals surface area contributed by atoms with Crippen LogP contribution >= 0.6 is 12.2 Å². The van der Waals surface area contributed by atoms with Crippen molar-refractivity contribution in [1.82, 2.24) is 0 Å². The SMILES string of the molecule is CC(C)(C)[Si](C)(C)Oc1ccc(/C=C/C(=O)OCCc2ccc(NC(=S)Oc3ccccc3)cc2)cc1O[Si](C)(C)C(C)(C)C. The van der Waals surface area contributed by atoms with E-state index in [-0.39, 0.29) is 21.9 Å². The van der Waals surface area contributed by atoms with Crippen LogP contribution in [0.4, 0.5) is 5.69 Å². The molecule has 0 heterocycles. The van der Waals surface area contributed by atoms with E-state index < -0.39 is 22.6 Å². The van der Waals surface area contributed by atoms with E-state index >= 15 is 0 Å². The summed E-state index contributed by atoms with van der Waals surface area (Å²) in [6.07, 6.45) is 3.81. The summed E-state index contributed by atoms with van der Waals surface area (Å²) in [7, 11) is -4.23. The molecule has 0 bridgehead atoms. The number of ether oxygens (including phenoxy) is 2. The lowest BCUT2D eigenvalue weighted by molar-refractivity contribution is -0.137. The average molecular weight is 664 g/mol. The summed E-state index contributed by atoms with van der Waals surface area (Å²) < 4.78 is 24.5. The Balaban J connectivity index is 1.59. The molecule has 45 heavy (non-hydrogen) atoms. The van der Waals surface area contributed by atoms with Gasteiger partial charge < -0.3 is 23.6 Å². The Morgan fingerprint density at radius 3 is 1.96 bits per heavy atom. The van der Waals surface area contributed by atoms with Crippen LogP contribution in [0.3, 0.4) is 0 Å². The van der Waals surface area contributed by atoms with Gasteiger partial charge in [0.05, 0.1) is 6.61 Å². The molecule has 0 aliphatic heterocycles. The minimum Gasteiger partial charge on any atom is -0.541 e. The molecule has 0 spiro atoms. The Kier molecular flexibility index (Phi) is 11.9. The summed E-state index contributed by atoms with van der Waals surface area (Å²) in [5, 5.41) is 3.41. The topological polar surface area (TPSA) is 66.0 Å². The van der Waals surface area contributed by atoms with Crippen LogP contribution in [0, 0.1) is 0 Å². The van der Waals surface area contributed by atoms with Crippen molar-refractivity contribution >= 4 is 51.8 Å². The van der Waals surface area contributed by atoms with E-state index in [1.165, 1.54) is 6.08 Å². The van der Waals surface area contributed by atoms with Crippen LogP contribution in [0.5, 0.6) is 17.2 Å². The number of hydrogen-bond donors (Lipinski definition) is 1. The second kappa shape index (κ2) is 14.8. The van der Waals surface area contributed by atoms with Gasteiger partial charge in [-0.3, -0.25) is 0 Å². The standard InChI is InChI=1S/C36H49NO5SSi2/c1-35(2,3)44(7,8)41-31-22-18-28(26-32(31)42-45(9,10)36(4,5)6)19-23-33(38)39-25-24-27-16-20-29(21-17-27)37-34(43)40-30-14-12-11-13-15-30/h11-23,26H,24-25H2,1-10H3,(H,37,43)/b23-19+. The molecule has 0 fully saturated rings. The van der Waals surface area contributed by atoms with Crippen LogP contribution in [0.25, 0.3) is 6.08 Å². The third-order valence-corrected chi connectivity index (χ3v) is 17.4. The van der Waals surface area contributed by atoms with Gasteiger partial charge in [-0.2, -0.15) is 0 Å². The van der Waals surface area contributed by atoms with Gasteiger partial charge >= 0.3 is 5.97 Å². The van der Waals surface area contributed by atoms with Crippen LogP contribution in [-0.4, -0.2) is 34.4 Å². The van der Waals surface area contributed by atoms with E-state index in [0.29, 0.717) is 12.2 Å². The average Bonchev–Trinajstić information content (AvgIpc) is 2.93. The first-order chi connectivity index (χ1) is 20.9. The lowest BCUT2D eigenvalue weighted by Crippen LogP contribution is -2.45. The summed E-state index contributed by atoms with van der Waals surface area (Å²) in [5.74, 6) is 1.77. The molecule has 0 aromatic heterocycles. The molecule has 242 valence electrons. The molecule has 3 aromatic rings. The van der Waals surface area contributed by atoms with Crippen molar-refractivity contribution in [2.75, 3.05) is 11.9 Å². The number of anilines is 1. The predicted molar refractivity (Wildman–Crippen MR) is 196 cm³/mol. The van der Waals surface area contributed by atoms with E-state index in [2.05, 4.69) is 73.0 Å². The smallest absolute Gasteiger partial charge is 0.330 e. The molecule has 1 N–H and O–H groups in total. The fourth-order valence-corrected chi connectivity index (χ4v) is 5.88. The monoisotopic (exact) mass is 663 g/mol. The normalized spacial score (nSPS) is 12.5. The number of hydrogen-bond acceptors (Lipinski definition) is 6. The minimum atomic E-state index is -2.14. The van der Waals surface area contributed by atoms with Gasteiger partial charge in [-0.25, -0.2) is 4.79 Å². The molecule has 0 saturated carbocycles. The van der Waals surface area contributed by atoms with Gasteiger partial charge in [-0.05, 0) is 102 Å². The van der Waals surface area contributed by atoms with Crippen LogP contribution in [0.1, 0.15) is 52.7 Å². The highest BCUT2D eigenvalue weighted by Gasteiger charge is 2.42. The molecule has 0 amide bonds. The Bertz CT molecular complexity index is 1470. The largest absolute Gasteiger partial charge is 0.541 e.